The van der Waals surface area contributed by atoms with Gasteiger partial charge in [0, 0.05) is 47.6 Å². The topological polar surface area (TPSA) is 177 Å². The molecule has 0 bridgehead atoms. The number of carbonyl (C=O) groups is 3. The number of aliphatic hydroxyl groups is 2. The first-order valence-corrected chi connectivity index (χ1v) is 11.7. The Kier molecular flexibility index (Phi) is 5.77. The van der Waals surface area contributed by atoms with Gasteiger partial charge in [0.05, 0.1) is 29.4 Å². The SMILES string of the molecule is CC(=O)[C@@]1(O)Cc2c(O)c3c(c(O)c2[C@@H](O[C@@H]2C[C@H](N)[C@H](O)[C@H](C)O2)C1)C(=O)c1ccccc1C3=O. The summed E-state index contributed by atoms with van der Waals surface area (Å²) in [6, 6.07) is 5.40. The lowest BCUT2D eigenvalue weighted by molar-refractivity contribution is -0.247. The number of ether oxygens (including phenoxy) is 2. The molecule has 2 aromatic carbocycles. The van der Waals surface area contributed by atoms with E-state index in [1.807, 2.05) is 0 Å². The molecule has 0 aromatic heterocycles. The van der Waals surface area contributed by atoms with Crippen molar-refractivity contribution < 1.29 is 44.3 Å². The number of fused-ring (bicyclic) bond motifs is 3. The summed E-state index contributed by atoms with van der Waals surface area (Å²) in [4.78, 5) is 39.0. The molecule has 6 atom stereocenters. The summed E-state index contributed by atoms with van der Waals surface area (Å²) in [6.07, 6.45) is -4.38. The van der Waals surface area contributed by atoms with Gasteiger partial charge in [-0.15, -0.1) is 0 Å². The molecule has 2 aromatic rings. The molecule has 1 saturated heterocycles. The second-order valence-corrected chi connectivity index (χ2v) is 9.80. The van der Waals surface area contributed by atoms with E-state index in [9.17, 15) is 34.8 Å². The number of nitrogens with two attached hydrogens (primary N) is 1. The molecule has 1 fully saturated rings. The minimum atomic E-state index is -1.97. The molecule has 10 heteroatoms. The smallest absolute Gasteiger partial charge is 0.198 e. The molecule has 190 valence electrons. The number of Topliss-reactive ketones (excluding diaryl/α,β-unsaturated/α-hetero) is 1. The van der Waals surface area contributed by atoms with E-state index in [1.54, 1.807) is 19.1 Å². The van der Waals surface area contributed by atoms with Crippen molar-refractivity contribution in [1.29, 1.82) is 0 Å². The average Bonchev–Trinajstić information content (AvgIpc) is 2.82. The monoisotopic (exact) mass is 497 g/mol. The number of carbonyl (C=O) groups excluding carboxylic acids is 3. The molecule has 0 radical (unpaired) electrons. The van der Waals surface area contributed by atoms with Gasteiger partial charge < -0.3 is 35.6 Å². The van der Waals surface area contributed by atoms with Gasteiger partial charge in [0.1, 0.15) is 17.1 Å². The van der Waals surface area contributed by atoms with Crippen molar-refractivity contribution in [2.24, 2.45) is 5.73 Å². The predicted octanol–water partition coefficient (Wildman–Crippen LogP) is 1.02. The maximum Gasteiger partial charge on any atom is 0.198 e. The molecule has 2 aliphatic carbocycles. The Morgan fingerprint density at radius 1 is 1.11 bits per heavy atom. The third-order valence-corrected chi connectivity index (χ3v) is 7.50. The van der Waals surface area contributed by atoms with Crippen molar-refractivity contribution in [3.05, 3.63) is 57.6 Å². The van der Waals surface area contributed by atoms with Crippen LogP contribution in [-0.2, 0) is 20.7 Å². The number of hydrogen-bond donors (Lipinski definition) is 5. The van der Waals surface area contributed by atoms with Crippen LogP contribution in [-0.4, -0.2) is 67.9 Å². The predicted molar refractivity (Wildman–Crippen MR) is 124 cm³/mol. The lowest BCUT2D eigenvalue weighted by atomic mass is 9.72. The van der Waals surface area contributed by atoms with Crippen molar-refractivity contribution >= 4 is 17.3 Å². The molecular weight excluding hydrogens is 470 g/mol. The summed E-state index contributed by atoms with van der Waals surface area (Å²) in [5.74, 6) is -3.06. The Morgan fingerprint density at radius 3 is 2.25 bits per heavy atom. The first-order chi connectivity index (χ1) is 16.9. The summed E-state index contributed by atoms with van der Waals surface area (Å²) < 4.78 is 11.8. The van der Waals surface area contributed by atoms with Gasteiger partial charge in [-0.2, -0.15) is 0 Å². The summed E-state index contributed by atoms with van der Waals surface area (Å²) >= 11 is 0. The van der Waals surface area contributed by atoms with E-state index in [-0.39, 0.29) is 46.2 Å². The van der Waals surface area contributed by atoms with Crippen molar-refractivity contribution in [1.82, 2.24) is 0 Å². The van der Waals surface area contributed by atoms with E-state index in [0.29, 0.717) is 0 Å². The van der Waals surface area contributed by atoms with E-state index >= 15 is 0 Å². The molecule has 0 spiro atoms. The van der Waals surface area contributed by atoms with Crippen LogP contribution in [0.25, 0.3) is 0 Å². The highest BCUT2D eigenvalue weighted by Gasteiger charge is 2.49. The fraction of sp³-hybridized carbons (Fsp3) is 0.423. The van der Waals surface area contributed by atoms with Gasteiger partial charge in [-0.3, -0.25) is 14.4 Å². The number of aliphatic hydroxyl groups excluding tert-OH is 1. The van der Waals surface area contributed by atoms with Gasteiger partial charge in [-0.1, -0.05) is 24.3 Å². The number of rotatable bonds is 3. The molecule has 0 amide bonds. The van der Waals surface area contributed by atoms with Crippen molar-refractivity contribution in [3.63, 3.8) is 0 Å². The molecule has 5 rings (SSSR count). The van der Waals surface area contributed by atoms with Crippen LogP contribution < -0.4 is 5.73 Å². The van der Waals surface area contributed by atoms with Gasteiger partial charge in [0.2, 0.25) is 0 Å². The summed E-state index contributed by atoms with van der Waals surface area (Å²) in [5.41, 5.74) is 3.38. The fourth-order valence-corrected chi connectivity index (χ4v) is 5.42. The highest BCUT2D eigenvalue weighted by atomic mass is 16.7. The van der Waals surface area contributed by atoms with Crippen LogP contribution >= 0.6 is 0 Å². The first-order valence-electron chi connectivity index (χ1n) is 11.7. The van der Waals surface area contributed by atoms with Gasteiger partial charge in [0.15, 0.2) is 23.6 Å². The Morgan fingerprint density at radius 2 is 1.69 bits per heavy atom. The average molecular weight is 498 g/mol. The second kappa shape index (κ2) is 8.46. The molecule has 0 unspecified atom stereocenters. The largest absolute Gasteiger partial charge is 0.507 e. The van der Waals surface area contributed by atoms with Gasteiger partial charge in [0.25, 0.3) is 0 Å². The van der Waals surface area contributed by atoms with Crippen LogP contribution in [0.4, 0.5) is 0 Å². The normalized spacial score (nSPS) is 31.4. The fourth-order valence-electron chi connectivity index (χ4n) is 5.42. The zero-order chi connectivity index (χ0) is 26.1. The van der Waals surface area contributed by atoms with E-state index in [2.05, 4.69) is 0 Å². The number of phenols is 2. The van der Waals surface area contributed by atoms with E-state index in [1.165, 1.54) is 19.1 Å². The molecule has 3 aliphatic rings. The number of benzene rings is 2. The van der Waals surface area contributed by atoms with Crippen molar-refractivity contribution in [3.8, 4) is 11.5 Å². The molecule has 36 heavy (non-hydrogen) atoms. The number of ketones is 3. The summed E-state index contributed by atoms with van der Waals surface area (Å²) in [6.45, 7) is 2.80. The molecule has 10 nitrogen and oxygen atoms in total. The molecule has 1 heterocycles. The summed E-state index contributed by atoms with van der Waals surface area (Å²) in [7, 11) is 0. The molecular formula is C26H27NO9. The third kappa shape index (κ3) is 3.56. The number of hydrogen-bond acceptors (Lipinski definition) is 10. The van der Waals surface area contributed by atoms with Gasteiger partial charge >= 0.3 is 0 Å². The molecule has 1 aliphatic heterocycles. The van der Waals surface area contributed by atoms with Crippen LogP contribution in [0.3, 0.4) is 0 Å². The van der Waals surface area contributed by atoms with E-state index < -0.39 is 71.5 Å². The Labute approximate surface area is 206 Å². The number of phenolic OH excluding ortho intramolecular Hbond substituents is 2. The molecule has 0 saturated carbocycles. The maximum atomic E-state index is 13.3. The van der Waals surface area contributed by atoms with Crippen LogP contribution in [0.2, 0.25) is 0 Å². The van der Waals surface area contributed by atoms with E-state index in [0.717, 1.165) is 0 Å². The Balaban J connectivity index is 1.66. The van der Waals surface area contributed by atoms with E-state index in [4.69, 9.17) is 15.2 Å². The first kappa shape index (κ1) is 24.5. The zero-order valence-corrected chi connectivity index (χ0v) is 19.7. The lowest BCUT2D eigenvalue weighted by Crippen LogP contribution is -2.52. The maximum absolute atomic E-state index is 13.3. The summed E-state index contributed by atoms with van der Waals surface area (Å²) in [5, 5.41) is 43.8. The Hall–Kier alpha value is -3.15. The zero-order valence-electron chi connectivity index (χ0n) is 19.7. The minimum Gasteiger partial charge on any atom is -0.507 e. The number of aromatic hydroxyl groups is 2. The van der Waals surface area contributed by atoms with Crippen LogP contribution in [0.15, 0.2) is 24.3 Å². The standard InChI is InChI=1S/C26H27NO9/c1-10-21(29)15(27)7-17(35-10)36-16-9-26(34,11(2)28)8-14-18(16)25(33)20-19(24(14)32)22(30)12-5-3-4-6-13(12)23(20)31/h3-6,10,15-17,21,29,32-34H,7-9,27H2,1-2H3/t10-,15-,16-,17+,21+,26+/m0/s1. The van der Waals surface area contributed by atoms with Crippen LogP contribution in [0, 0.1) is 0 Å². The molecule has 6 N–H and O–H groups in total. The highest BCUT2D eigenvalue weighted by Crippen LogP contribution is 2.51. The van der Waals surface area contributed by atoms with Crippen molar-refractivity contribution in [2.75, 3.05) is 0 Å². The van der Waals surface area contributed by atoms with Gasteiger partial charge in [-0.05, 0) is 13.8 Å². The van der Waals surface area contributed by atoms with Crippen LogP contribution in [0.1, 0.15) is 75.8 Å². The van der Waals surface area contributed by atoms with Gasteiger partial charge in [-0.25, -0.2) is 0 Å². The quantitative estimate of drug-likeness (QED) is 0.328. The third-order valence-electron chi connectivity index (χ3n) is 7.50. The Bertz CT molecular complexity index is 1290. The lowest BCUT2D eigenvalue weighted by Gasteiger charge is -2.42. The minimum absolute atomic E-state index is 0.00588. The van der Waals surface area contributed by atoms with Crippen molar-refractivity contribution in [2.45, 2.75) is 69.4 Å². The highest BCUT2D eigenvalue weighted by molar-refractivity contribution is 6.30. The van der Waals surface area contributed by atoms with Crippen LogP contribution in [0.5, 0.6) is 11.5 Å². The second-order valence-electron chi connectivity index (χ2n) is 9.80.